The van der Waals surface area contributed by atoms with E-state index in [4.69, 9.17) is 0 Å². The second kappa shape index (κ2) is 5.30. The van der Waals surface area contributed by atoms with Gasteiger partial charge in [0.15, 0.2) is 0 Å². The molecule has 0 bridgehead atoms. The predicted molar refractivity (Wildman–Crippen MR) is 71.0 cm³/mol. The third-order valence-electron chi connectivity index (χ3n) is 3.70. The average molecular weight is 238 g/mol. The van der Waals surface area contributed by atoms with Gasteiger partial charge in [-0.05, 0) is 43.3 Å². The van der Waals surface area contributed by atoms with Gasteiger partial charge >= 0.3 is 0 Å². The van der Waals surface area contributed by atoms with Crippen molar-refractivity contribution in [1.82, 2.24) is 10.2 Å². The van der Waals surface area contributed by atoms with Crippen molar-refractivity contribution >= 4 is 11.3 Å². The zero-order valence-corrected chi connectivity index (χ0v) is 11.3. The van der Waals surface area contributed by atoms with Crippen LogP contribution in [0.3, 0.4) is 0 Å². The molecule has 16 heavy (non-hydrogen) atoms. The summed E-state index contributed by atoms with van der Waals surface area (Å²) in [6.45, 7) is 8.17. The molecule has 0 aliphatic carbocycles. The number of piperidine rings is 1. The first-order valence-corrected chi connectivity index (χ1v) is 7.01. The van der Waals surface area contributed by atoms with Gasteiger partial charge in [0.05, 0.1) is 0 Å². The molecule has 0 aromatic carbocycles. The average Bonchev–Trinajstić information content (AvgIpc) is 2.65. The number of nitrogens with one attached hydrogen (secondary N) is 1. The summed E-state index contributed by atoms with van der Waals surface area (Å²) in [6.07, 6.45) is 1.28. The lowest BCUT2D eigenvalue weighted by molar-refractivity contribution is 0.146. The first-order valence-electron chi connectivity index (χ1n) is 6.13. The molecule has 2 unspecified atom stereocenters. The van der Waals surface area contributed by atoms with Gasteiger partial charge in [0, 0.05) is 30.6 Å². The van der Waals surface area contributed by atoms with Gasteiger partial charge in [-0.2, -0.15) is 0 Å². The summed E-state index contributed by atoms with van der Waals surface area (Å²) in [5.74, 6) is 0.763. The zero-order chi connectivity index (χ0) is 11.5. The molecule has 1 aliphatic heterocycles. The van der Waals surface area contributed by atoms with Crippen LogP contribution in [0.4, 0.5) is 0 Å². The van der Waals surface area contributed by atoms with E-state index >= 15 is 0 Å². The lowest BCUT2D eigenvalue weighted by atomic mass is 9.94. The molecule has 2 nitrogen and oxygen atoms in total. The Morgan fingerprint density at radius 1 is 1.56 bits per heavy atom. The molecule has 1 N–H and O–H groups in total. The van der Waals surface area contributed by atoms with E-state index in [-0.39, 0.29) is 0 Å². The van der Waals surface area contributed by atoms with Gasteiger partial charge in [-0.1, -0.05) is 6.92 Å². The minimum atomic E-state index is 0.709. The third kappa shape index (κ3) is 2.65. The summed E-state index contributed by atoms with van der Waals surface area (Å²) in [7, 11) is 2.08. The molecular formula is C13H22N2S. The smallest absolute Gasteiger partial charge is 0.0330 e. The number of aryl methyl sites for hydroxylation is 1. The lowest BCUT2D eigenvalue weighted by Gasteiger charge is -2.36. The Hall–Kier alpha value is -0.380. The lowest BCUT2D eigenvalue weighted by Crippen LogP contribution is -2.46. The van der Waals surface area contributed by atoms with Crippen LogP contribution in [0.25, 0.3) is 0 Å². The van der Waals surface area contributed by atoms with Gasteiger partial charge in [-0.15, -0.1) is 11.3 Å². The highest BCUT2D eigenvalue weighted by molar-refractivity contribution is 7.10. The highest BCUT2D eigenvalue weighted by Gasteiger charge is 2.24. The van der Waals surface area contributed by atoms with Crippen LogP contribution in [0.15, 0.2) is 11.4 Å². The minimum Gasteiger partial charge on any atom is -0.317 e. The highest BCUT2D eigenvalue weighted by atomic mass is 32.1. The summed E-state index contributed by atoms with van der Waals surface area (Å²) >= 11 is 1.89. The van der Waals surface area contributed by atoms with Crippen LogP contribution < -0.4 is 5.32 Å². The fourth-order valence-corrected chi connectivity index (χ4v) is 3.52. The molecule has 1 saturated heterocycles. The second-order valence-corrected chi connectivity index (χ2v) is 5.92. The molecule has 1 aliphatic rings. The fraction of sp³-hybridized carbons (Fsp3) is 0.692. The molecule has 90 valence electrons. The van der Waals surface area contributed by atoms with E-state index in [1.54, 1.807) is 0 Å². The highest BCUT2D eigenvalue weighted by Crippen LogP contribution is 2.22. The van der Waals surface area contributed by atoms with E-state index in [1.165, 1.54) is 30.0 Å². The molecule has 0 radical (unpaired) electrons. The Labute approximate surface area is 103 Å². The van der Waals surface area contributed by atoms with Crippen LogP contribution in [-0.4, -0.2) is 31.1 Å². The fourth-order valence-electron chi connectivity index (χ4n) is 2.57. The number of rotatable bonds is 3. The van der Waals surface area contributed by atoms with Crippen LogP contribution in [0.1, 0.15) is 23.8 Å². The van der Waals surface area contributed by atoms with Crippen LogP contribution in [0.2, 0.25) is 0 Å². The molecule has 0 saturated carbocycles. The largest absolute Gasteiger partial charge is 0.317 e. The van der Waals surface area contributed by atoms with Gasteiger partial charge in [0.2, 0.25) is 0 Å². The Kier molecular flexibility index (Phi) is 4.00. The summed E-state index contributed by atoms with van der Waals surface area (Å²) in [5, 5.41) is 5.62. The number of nitrogens with zero attached hydrogens (tertiary/aromatic N) is 1. The van der Waals surface area contributed by atoms with Crippen LogP contribution in [0, 0.1) is 12.8 Å². The molecule has 3 heteroatoms. The van der Waals surface area contributed by atoms with Crippen molar-refractivity contribution in [2.24, 2.45) is 5.92 Å². The quantitative estimate of drug-likeness (QED) is 0.870. The Morgan fingerprint density at radius 2 is 2.38 bits per heavy atom. The molecule has 1 fully saturated rings. The van der Waals surface area contributed by atoms with Crippen LogP contribution >= 0.6 is 11.3 Å². The topological polar surface area (TPSA) is 15.3 Å². The summed E-state index contributed by atoms with van der Waals surface area (Å²) in [5.41, 5.74) is 1.45. The van der Waals surface area contributed by atoms with E-state index in [2.05, 4.69) is 42.6 Å². The Bertz CT molecular complexity index is 334. The standard InChI is InChI=1S/C13H22N2S/c1-10-5-7-16-13(10)9-15-6-4-12(14-3)11(2)8-15/h5,7,11-12,14H,4,6,8-9H2,1-3H3. The van der Waals surface area contributed by atoms with Gasteiger partial charge in [-0.25, -0.2) is 0 Å². The molecule has 0 spiro atoms. The number of hydrogen-bond donors (Lipinski definition) is 1. The van der Waals surface area contributed by atoms with Crippen molar-refractivity contribution in [3.8, 4) is 0 Å². The Morgan fingerprint density at radius 3 is 2.94 bits per heavy atom. The van der Waals surface area contributed by atoms with Crippen molar-refractivity contribution in [2.75, 3.05) is 20.1 Å². The minimum absolute atomic E-state index is 0.709. The molecule has 2 rings (SSSR count). The van der Waals surface area contributed by atoms with Gasteiger partial charge in [0.25, 0.3) is 0 Å². The monoisotopic (exact) mass is 238 g/mol. The molecular weight excluding hydrogens is 216 g/mol. The van der Waals surface area contributed by atoms with Crippen molar-refractivity contribution in [3.63, 3.8) is 0 Å². The number of thiophene rings is 1. The Balaban J connectivity index is 1.91. The molecule has 0 amide bonds. The molecule has 2 heterocycles. The first kappa shape index (κ1) is 12.1. The second-order valence-electron chi connectivity index (χ2n) is 4.92. The summed E-state index contributed by atoms with van der Waals surface area (Å²) < 4.78 is 0. The maximum absolute atomic E-state index is 3.42. The summed E-state index contributed by atoms with van der Waals surface area (Å²) in [6, 6.07) is 2.93. The molecule has 1 aromatic heterocycles. The zero-order valence-electron chi connectivity index (χ0n) is 10.5. The number of hydrogen-bond acceptors (Lipinski definition) is 3. The maximum atomic E-state index is 3.42. The van der Waals surface area contributed by atoms with Gasteiger partial charge < -0.3 is 5.32 Å². The maximum Gasteiger partial charge on any atom is 0.0330 e. The van der Waals surface area contributed by atoms with Crippen molar-refractivity contribution in [1.29, 1.82) is 0 Å². The van der Waals surface area contributed by atoms with Crippen molar-refractivity contribution in [3.05, 3.63) is 21.9 Å². The summed E-state index contributed by atoms with van der Waals surface area (Å²) in [4.78, 5) is 4.13. The SMILES string of the molecule is CNC1CCN(Cc2sccc2C)CC1C. The van der Waals surface area contributed by atoms with E-state index < -0.39 is 0 Å². The van der Waals surface area contributed by atoms with Crippen molar-refractivity contribution < 1.29 is 0 Å². The predicted octanol–water partition coefficient (Wildman–Crippen LogP) is 2.49. The molecule has 2 atom stereocenters. The molecule has 1 aromatic rings. The van der Waals surface area contributed by atoms with Crippen molar-refractivity contribution in [2.45, 2.75) is 32.9 Å². The van der Waals surface area contributed by atoms with E-state index in [9.17, 15) is 0 Å². The van der Waals surface area contributed by atoms with Crippen LogP contribution in [0.5, 0.6) is 0 Å². The van der Waals surface area contributed by atoms with Gasteiger partial charge in [0.1, 0.15) is 0 Å². The van der Waals surface area contributed by atoms with Gasteiger partial charge in [-0.3, -0.25) is 4.90 Å². The van der Waals surface area contributed by atoms with E-state index in [1.807, 2.05) is 11.3 Å². The first-order chi connectivity index (χ1) is 7.70. The van der Waals surface area contributed by atoms with Crippen LogP contribution in [-0.2, 0) is 6.54 Å². The third-order valence-corrected chi connectivity index (χ3v) is 4.70. The van der Waals surface area contributed by atoms with E-state index in [0.717, 1.165) is 12.5 Å². The normalized spacial score (nSPS) is 27.2. The number of likely N-dealkylation sites (tertiary alicyclic amines) is 1. The van der Waals surface area contributed by atoms with E-state index in [0.29, 0.717) is 6.04 Å².